The first-order valence-corrected chi connectivity index (χ1v) is 10.8. The van der Waals surface area contributed by atoms with Gasteiger partial charge in [-0.15, -0.1) is 0 Å². The average Bonchev–Trinajstić information content (AvgIpc) is 3.23. The SMILES string of the molecule is C=C(C1=CC=C(c2ccc(C)c(/C=C(/CC)CCC)c2)CC1)N1CCCC1. The van der Waals surface area contributed by atoms with Crippen LogP contribution in [0.3, 0.4) is 0 Å². The fourth-order valence-corrected chi connectivity index (χ4v) is 4.20. The Bertz CT molecular complexity index is 769. The number of hydrogen-bond acceptors (Lipinski definition) is 1. The van der Waals surface area contributed by atoms with Gasteiger partial charge >= 0.3 is 0 Å². The van der Waals surface area contributed by atoms with E-state index >= 15 is 0 Å². The minimum absolute atomic E-state index is 1.11. The quantitative estimate of drug-likeness (QED) is 0.492. The summed E-state index contributed by atoms with van der Waals surface area (Å²) >= 11 is 0. The summed E-state index contributed by atoms with van der Waals surface area (Å²) in [5.41, 5.74) is 9.81. The number of likely N-dealkylation sites (tertiary alicyclic amines) is 1. The van der Waals surface area contributed by atoms with E-state index in [0.717, 1.165) is 19.3 Å². The maximum Gasteiger partial charge on any atom is 0.0325 e. The molecule has 0 radical (unpaired) electrons. The standard InChI is InChI=1S/C26H35N/c1-5-9-22(6-2)18-26-19-25(11-10-20(26)3)24-14-12-23(13-15-24)21(4)27-16-7-8-17-27/h10-12,14,18-19H,4-9,13,15-17H2,1-3H3/b22-18-. The van der Waals surface area contributed by atoms with Crippen LogP contribution >= 0.6 is 0 Å². The van der Waals surface area contributed by atoms with Gasteiger partial charge in [0.25, 0.3) is 0 Å². The van der Waals surface area contributed by atoms with Crippen LogP contribution < -0.4 is 0 Å². The highest BCUT2D eigenvalue weighted by Crippen LogP contribution is 2.32. The predicted molar refractivity (Wildman–Crippen MR) is 120 cm³/mol. The van der Waals surface area contributed by atoms with Gasteiger partial charge in [0, 0.05) is 18.8 Å². The molecule has 0 spiro atoms. The van der Waals surface area contributed by atoms with E-state index in [-0.39, 0.29) is 0 Å². The molecule has 1 aliphatic heterocycles. The second-order valence-corrected chi connectivity index (χ2v) is 8.00. The zero-order valence-corrected chi connectivity index (χ0v) is 17.5. The number of rotatable bonds is 7. The average molecular weight is 362 g/mol. The molecule has 0 aromatic heterocycles. The maximum atomic E-state index is 4.36. The summed E-state index contributed by atoms with van der Waals surface area (Å²) < 4.78 is 0. The summed E-state index contributed by atoms with van der Waals surface area (Å²) in [7, 11) is 0. The molecule has 1 heteroatoms. The van der Waals surface area contributed by atoms with Crippen LogP contribution in [0.4, 0.5) is 0 Å². The zero-order chi connectivity index (χ0) is 19.2. The largest absolute Gasteiger partial charge is 0.372 e. The highest BCUT2D eigenvalue weighted by Gasteiger charge is 2.18. The Labute approximate surface area is 166 Å². The van der Waals surface area contributed by atoms with Gasteiger partial charge in [0.05, 0.1) is 0 Å². The molecule has 1 aromatic carbocycles. The van der Waals surface area contributed by atoms with Crippen LogP contribution in [0, 0.1) is 6.92 Å². The van der Waals surface area contributed by atoms with Gasteiger partial charge in [0.2, 0.25) is 0 Å². The smallest absolute Gasteiger partial charge is 0.0325 e. The molecule has 3 rings (SSSR count). The van der Waals surface area contributed by atoms with Crippen LogP contribution in [0.5, 0.6) is 0 Å². The molecule has 2 aliphatic rings. The lowest BCUT2D eigenvalue weighted by atomic mass is 9.90. The van der Waals surface area contributed by atoms with Crippen LogP contribution in [0.25, 0.3) is 11.6 Å². The van der Waals surface area contributed by atoms with E-state index in [1.165, 1.54) is 72.3 Å². The number of aryl methyl sites for hydroxylation is 1. The number of nitrogens with zero attached hydrogens (tertiary/aromatic N) is 1. The first-order chi connectivity index (χ1) is 13.1. The van der Waals surface area contributed by atoms with E-state index in [4.69, 9.17) is 0 Å². The summed E-state index contributed by atoms with van der Waals surface area (Å²) in [5, 5.41) is 0. The highest BCUT2D eigenvalue weighted by molar-refractivity contribution is 5.72. The lowest BCUT2D eigenvalue weighted by Crippen LogP contribution is -2.19. The van der Waals surface area contributed by atoms with Crippen molar-refractivity contribution >= 4 is 11.6 Å². The molecule has 0 N–H and O–H groups in total. The van der Waals surface area contributed by atoms with E-state index in [2.05, 4.69) is 68.7 Å². The van der Waals surface area contributed by atoms with Crippen LogP contribution in [0.2, 0.25) is 0 Å². The summed E-state index contributed by atoms with van der Waals surface area (Å²) in [6.45, 7) is 13.5. The predicted octanol–water partition coefficient (Wildman–Crippen LogP) is 7.30. The van der Waals surface area contributed by atoms with Gasteiger partial charge in [-0.3, -0.25) is 0 Å². The Morgan fingerprint density at radius 2 is 1.89 bits per heavy atom. The van der Waals surface area contributed by atoms with Crippen molar-refractivity contribution < 1.29 is 0 Å². The molecule has 0 amide bonds. The van der Waals surface area contributed by atoms with Crippen LogP contribution in [-0.4, -0.2) is 18.0 Å². The minimum atomic E-state index is 1.11. The van der Waals surface area contributed by atoms with Gasteiger partial charge in [-0.05, 0) is 79.4 Å². The number of hydrogen-bond donors (Lipinski definition) is 0. The van der Waals surface area contributed by atoms with Crippen LogP contribution in [0.1, 0.15) is 75.5 Å². The Morgan fingerprint density at radius 3 is 2.52 bits per heavy atom. The third-order valence-corrected chi connectivity index (χ3v) is 6.04. The molecule has 0 atom stereocenters. The van der Waals surface area contributed by atoms with Gasteiger partial charge in [-0.1, -0.05) is 62.8 Å². The van der Waals surface area contributed by atoms with E-state index in [1.807, 2.05) is 0 Å². The van der Waals surface area contributed by atoms with Crippen molar-refractivity contribution in [3.8, 4) is 0 Å². The molecule has 27 heavy (non-hydrogen) atoms. The van der Waals surface area contributed by atoms with Crippen molar-refractivity contribution in [2.24, 2.45) is 0 Å². The topological polar surface area (TPSA) is 3.24 Å². The second kappa shape index (κ2) is 9.26. The van der Waals surface area contributed by atoms with Gasteiger partial charge in [0.1, 0.15) is 0 Å². The third kappa shape index (κ3) is 4.83. The monoisotopic (exact) mass is 361 g/mol. The number of benzene rings is 1. The molecule has 0 bridgehead atoms. The summed E-state index contributed by atoms with van der Waals surface area (Å²) in [5.74, 6) is 0. The van der Waals surface area contributed by atoms with Crippen molar-refractivity contribution in [2.45, 2.75) is 65.7 Å². The molecular formula is C26H35N. The lowest BCUT2D eigenvalue weighted by Gasteiger charge is -2.25. The van der Waals surface area contributed by atoms with E-state index in [9.17, 15) is 0 Å². The number of allylic oxidation sites excluding steroid dienone is 5. The molecule has 1 saturated heterocycles. The molecule has 1 heterocycles. The molecule has 1 fully saturated rings. The zero-order valence-electron chi connectivity index (χ0n) is 17.5. The van der Waals surface area contributed by atoms with E-state index < -0.39 is 0 Å². The van der Waals surface area contributed by atoms with Gasteiger partial charge in [-0.2, -0.15) is 0 Å². The molecule has 144 valence electrons. The maximum absolute atomic E-state index is 4.36. The van der Waals surface area contributed by atoms with Crippen LogP contribution in [-0.2, 0) is 0 Å². The minimum Gasteiger partial charge on any atom is -0.372 e. The Hall–Kier alpha value is -2.02. The molecule has 1 aliphatic carbocycles. The van der Waals surface area contributed by atoms with Gasteiger partial charge in [-0.25, -0.2) is 0 Å². The fourth-order valence-electron chi connectivity index (χ4n) is 4.20. The fraction of sp³-hybridized carbons (Fsp3) is 0.462. The van der Waals surface area contributed by atoms with E-state index in [1.54, 1.807) is 5.57 Å². The molecule has 1 nitrogen and oxygen atoms in total. The first kappa shape index (κ1) is 19.7. The first-order valence-electron chi connectivity index (χ1n) is 10.8. The van der Waals surface area contributed by atoms with Crippen molar-refractivity contribution in [3.63, 3.8) is 0 Å². The van der Waals surface area contributed by atoms with Crippen molar-refractivity contribution in [3.05, 3.63) is 70.5 Å². The van der Waals surface area contributed by atoms with Crippen LogP contribution in [0.15, 0.2) is 53.8 Å². The Balaban J connectivity index is 1.80. The van der Waals surface area contributed by atoms with Gasteiger partial charge in [0.15, 0.2) is 0 Å². The lowest BCUT2D eigenvalue weighted by molar-refractivity contribution is 0.433. The van der Waals surface area contributed by atoms with E-state index in [0.29, 0.717) is 0 Å². The molecule has 1 aromatic rings. The summed E-state index contributed by atoms with van der Waals surface area (Å²) in [4.78, 5) is 2.46. The van der Waals surface area contributed by atoms with Crippen molar-refractivity contribution in [1.82, 2.24) is 4.90 Å². The molecule has 0 unspecified atom stereocenters. The summed E-state index contributed by atoms with van der Waals surface area (Å²) in [6, 6.07) is 6.96. The van der Waals surface area contributed by atoms with Gasteiger partial charge < -0.3 is 4.90 Å². The molecular weight excluding hydrogens is 326 g/mol. The van der Waals surface area contributed by atoms with Crippen molar-refractivity contribution in [2.75, 3.05) is 13.1 Å². The second-order valence-electron chi connectivity index (χ2n) is 8.00. The molecule has 0 saturated carbocycles. The highest BCUT2D eigenvalue weighted by atomic mass is 15.1. The Morgan fingerprint density at radius 1 is 1.11 bits per heavy atom. The van der Waals surface area contributed by atoms with Crippen molar-refractivity contribution in [1.29, 1.82) is 0 Å². The Kier molecular flexibility index (Phi) is 6.77. The summed E-state index contributed by atoms with van der Waals surface area (Å²) in [6.07, 6.45) is 15.5. The normalized spacial score (nSPS) is 17.7. The third-order valence-electron chi connectivity index (χ3n) is 6.04.